The highest BCUT2D eigenvalue weighted by Crippen LogP contribution is 2.68. The van der Waals surface area contributed by atoms with Gasteiger partial charge < -0.3 is 9.47 Å². The van der Waals surface area contributed by atoms with Crippen molar-refractivity contribution in [1.29, 1.82) is 0 Å². The molecule has 0 aliphatic heterocycles. The number of carbonyl (C=O) groups is 1. The molecule has 36 heavy (non-hydrogen) atoms. The van der Waals surface area contributed by atoms with Gasteiger partial charge in [0.25, 0.3) is 0 Å². The summed E-state index contributed by atoms with van der Waals surface area (Å²) in [5.41, 5.74) is 1.43. The van der Waals surface area contributed by atoms with Crippen LogP contribution in [0.5, 0.6) is 5.75 Å². The highest BCUT2D eigenvalue weighted by Gasteiger charge is 2.62. The van der Waals surface area contributed by atoms with E-state index in [1.54, 1.807) is 7.11 Å². The fourth-order valence-electron chi connectivity index (χ4n) is 9.88. The molecule has 1 aromatic carbocycles. The first-order valence-electron chi connectivity index (χ1n) is 14.4. The summed E-state index contributed by atoms with van der Waals surface area (Å²) >= 11 is 0. The molecular weight excluding hydrogens is 448 g/mol. The molecule has 4 fully saturated rings. The molecule has 6 rings (SSSR count). The van der Waals surface area contributed by atoms with Crippen LogP contribution in [0, 0.1) is 46.3 Å². The van der Waals surface area contributed by atoms with Crippen molar-refractivity contribution in [2.75, 3.05) is 20.8 Å². The van der Waals surface area contributed by atoms with Crippen LogP contribution in [0.25, 0.3) is 10.9 Å². The highest BCUT2D eigenvalue weighted by atomic mass is 16.5. The van der Waals surface area contributed by atoms with Crippen LogP contribution >= 0.6 is 0 Å². The lowest BCUT2D eigenvalue weighted by Gasteiger charge is -2.61. The SMILES string of the molecule is COCC12CCC(C)CC1CCC1C3CCC(C(=O)Cn4cc5cc(OC)ccc5n4)C3(C)CCC12. The maximum Gasteiger partial charge on any atom is 0.157 e. The van der Waals surface area contributed by atoms with Crippen molar-refractivity contribution in [3.8, 4) is 5.75 Å². The average Bonchev–Trinajstić information content (AvgIpc) is 3.43. The van der Waals surface area contributed by atoms with Gasteiger partial charge in [-0.05, 0) is 110 Å². The Hall–Kier alpha value is -1.88. The van der Waals surface area contributed by atoms with Gasteiger partial charge in [-0.1, -0.05) is 20.3 Å². The number of methoxy groups -OCH3 is 2. The fourth-order valence-corrected chi connectivity index (χ4v) is 9.88. The monoisotopic (exact) mass is 492 g/mol. The van der Waals surface area contributed by atoms with E-state index in [0.29, 0.717) is 23.7 Å². The third-order valence-corrected chi connectivity index (χ3v) is 11.5. The zero-order chi connectivity index (χ0) is 25.1. The van der Waals surface area contributed by atoms with Crippen LogP contribution in [0.2, 0.25) is 0 Å². The zero-order valence-electron chi connectivity index (χ0n) is 22.7. The van der Waals surface area contributed by atoms with Crippen LogP contribution in [-0.4, -0.2) is 36.4 Å². The summed E-state index contributed by atoms with van der Waals surface area (Å²) in [5, 5.41) is 5.73. The van der Waals surface area contributed by atoms with Gasteiger partial charge in [-0.2, -0.15) is 5.10 Å². The van der Waals surface area contributed by atoms with Crippen molar-refractivity contribution in [2.45, 2.75) is 78.2 Å². The normalized spacial score (nSPS) is 39.9. The molecule has 1 heterocycles. The first-order valence-corrected chi connectivity index (χ1v) is 14.4. The molecule has 2 aromatic rings. The second-order valence-electron chi connectivity index (χ2n) is 13.1. The molecule has 4 saturated carbocycles. The van der Waals surface area contributed by atoms with Crippen LogP contribution in [0.3, 0.4) is 0 Å². The minimum Gasteiger partial charge on any atom is -0.497 e. The Bertz CT molecular complexity index is 1130. The third kappa shape index (κ3) is 3.75. The lowest BCUT2D eigenvalue weighted by Crippen LogP contribution is -2.56. The molecule has 1 aromatic heterocycles. The van der Waals surface area contributed by atoms with E-state index in [9.17, 15) is 4.79 Å². The molecule has 0 bridgehead atoms. The zero-order valence-corrected chi connectivity index (χ0v) is 22.7. The Morgan fingerprint density at radius 1 is 1.08 bits per heavy atom. The van der Waals surface area contributed by atoms with Gasteiger partial charge in [0.05, 0.1) is 25.8 Å². The topological polar surface area (TPSA) is 53.4 Å². The van der Waals surface area contributed by atoms with Crippen molar-refractivity contribution >= 4 is 16.7 Å². The number of hydrogen-bond donors (Lipinski definition) is 0. The van der Waals surface area contributed by atoms with Crippen molar-refractivity contribution < 1.29 is 14.3 Å². The molecule has 0 saturated heterocycles. The van der Waals surface area contributed by atoms with Gasteiger partial charge in [0, 0.05) is 24.6 Å². The van der Waals surface area contributed by atoms with Crippen LogP contribution in [0.1, 0.15) is 71.6 Å². The first-order chi connectivity index (χ1) is 17.4. The van der Waals surface area contributed by atoms with E-state index >= 15 is 0 Å². The van der Waals surface area contributed by atoms with Crippen LogP contribution in [0.15, 0.2) is 24.4 Å². The number of nitrogens with zero attached hydrogens (tertiary/aromatic N) is 2. The summed E-state index contributed by atoms with van der Waals surface area (Å²) in [6.07, 6.45) is 13.6. The Morgan fingerprint density at radius 2 is 1.94 bits per heavy atom. The summed E-state index contributed by atoms with van der Waals surface area (Å²) in [4.78, 5) is 13.8. The second kappa shape index (κ2) is 9.15. The van der Waals surface area contributed by atoms with E-state index < -0.39 is 0 Å². The minimum atomic E-state index is 0.136. The number of aromatic nitrogens is 2. The standard InChI is InChI=1S/C31H44N2O3/c1-20-11-14-31(19-35-3)22(15-20)5-7-24-25-8-9-27(30(25,2)13-12-26(24)31)29(34)18-33-17-21-16-23(36-4)6-10-28(21)32-33/h6,10,16-17,20,22,24-27H,5,7-9,11-15,18-19H2,1-4H3. The molecule has 0 amide bonds. The Kier molecular flexibility index (Phi) is 6.21. The summed E-state index contributed by atoms with van der Waals surface area (Å²) in [5.74, 6) is 5.28. The fraction of sp³-hybridized carbons (Fsp3) is 0.742. The van der Waals surface area contributed by atoms with Crippen molar-refractivity contribution in [2.24, 2.45) is 46.3 Å². The summed E-state index contributed by atoms with van der Waals surface area (Å²) in [6, 6.07) is 5.90. The van der Waals surface area contributed by atoms with Crippen LogP contribution in [-0.2, 0) is 16.1 Å². The Morgan fingerprint density at radius 3 is 2.75 bits per heavy atom. The predicted molar refractivity (Wildman–Crippen MR) is 142 cm³/mol. The molecular formula is C31H44N2O3. The molecule has 8 atom stereocenters. The Labute approximate surface area is 216 Å². The number of fused-ring (bicyclic) bond motifs is 6. The number of rotatable bonds is 6. The van der Waals surface area contributed by atoms with E-state index in [2.05, 4.69) is 13.8 Å². The van der Waals surface area contributed by atoms with Gasteiger partial charge >= 0.3 is 0 Å². The van der Waals surface area contributed by atoms with E-state index in [4.69, 9.17) is 14.6 Å². The largest absolute Gasteiger partial charge is 0.497 e. The number of ketones is 1. The van der Waals surface area contributed by atoms with Crippen molar-refractivity contribution in [3.05, 3.63) is 24.4 Å². The number of hydrogen-bond acceptors (Lipinski definition) is 4. The second-order valence-corrected chi connectivity index (χ2v) is 13.1. The molecule has 5 nitrogen and oxygen atoms in total. The number of Topliss-reactive ketones (excluding diaryl/α,β-unsaturated/α-hetero) is 1. The summed E-state index contributed by atoms with van der Waals surface area (Å²) in [6.45, 7) is 6.24. The molecule has 4 aliphatic rings. The number of ether oxygens (including phenoxy) is 2. The smallest absolute Gasteiger partial charge is 0.157 e. The number of benzene rings is 1. The van der Waals surface area contributed by atoms with Gasteiger partial charge in [0.2, 0.25) is 0 Å². The maximum atomic E-state index is 13.8. The van der Waals surface area contributed by atoms with Crippen molar-refractivity contribution in [3.63, 3.8) is 0 Å². The molecule has 4 aliphatic carbocycles. The lowest BCUT2D eigenvalue weighted by atomic mass is 9.44. The maximum absolute atomic E-state index is 13.8. The number of carbonyl (C=O) groups excluding carboxylic acids is 1. The molecule has 196 valence electrons. The van der Waals surface area contributed by atoms with Gasteiger partial charge in [-0.15, -0.1) is 0 Å². The third-order valence-electron chi connectivity index (χ3n) is 11.5. The average molecular weight is 493 g/mol. The minimum absolute atomic E-state index is 0.136. The molecule has 0 spiro atoms. The Balaban J connectivity index is 1.21. The molecule has 0 N–H and O–H groups in total. The summed E-state index contributed by atoms with van der Waals surface area (Å²) < 4.78 is 13.2. The van der Waals surface area contributed by atoms with Gasteiger partial charge in [0.15, 0.2) is 5.78 Å². The van der Waals surface area contributed by atoms with Gasteiger partial charge in [0.1, 0.15) is 5.75 Å². The van der Waals surface area contributed by atoms with E-state index in [-0.39, 0.29) is 11.3 Å². The molecule has 8 unspecified atom stereocenters. The van der Waals surface area contributed by atoms with Gasteiger partial charge in [-0.3, -0.25) is 9.48 Å². The summed E-state index contributed by atoms with van der Waals surface area (Å²) in [7, 11) is 3.60. The quantitative estimate of drug-likeness (QED) is 0.460. The van der Waals surface area contributed by atoms with Gasteiger partial charge in [-0.25, -0.2) is 0 Å². The van der Waals surface area contributed by atoms with Crippen molar-refractivity contribution in [1.82, 2.24) is 9.78 Å². The molecule has 5 heteroatoms. The van der Waals surface area contributed by atoms with Crippen LogP contribution in [0.4, 0.5) is 0 Å². The van der Waals surface area contributed by atoms with E-state index in [1.807, 2.05) is 36.2 Å². The predicted octanol–water partition coefficient (Wildman–Crippen LogP) is 6.54. The van der Waals surface area contributed by atoms with Crippen LogP contribution < -0.4 is 4.74 Å². The lowest BCUT2D eigenvalue weighted by molar-refractivity contribution is -0.154. The van der Waals surface area contributed by atoms with E-state index in [1.165, 1.54) is 51.4 Å². The van der Waals surface area contributed by atoms with E-state index in [0.717, 1.165) is 53.4 Å². The highest BCUT2D eigenvalue weighted by molar-refractivity contribution is 5.84. The first kappa shape index (κ1) is 24.5. The molecule has 0 radical (unpaired) electrons.